The van der Waals surface area contributed by atoms with Gasteiger partial charge in [0.05, 0.1) is 0 Å². The first-order valence-corrected chi connectivity index (χ1v) is 5.52. The van der Waals surface area contributed by atoms with Crippen LogP contribution in [0, 0.1) is 0 Å². The number of nitrogens with two attached hydrogens (primary N) is 2. The Morgan fingerprint density at radius 1 is 0.867 bits per heavy atom. The molecule has 5 N–H and O–H groups in total. The van der Waals surface area contributed by atoms with Crippen molar-refractivity contribution in [2.24, 2.45) is 0 Å². The number of hydrogen-bond acceptors (Lipinski definition) is 3. The summed E-state index contributed by atoms with van der Waals surface area (Å²) in [5.41, 5.74) is 12.2. The van der Waals surface area contributed by atoms with Crippen molar-refractivity contribution < 1.29 is 0 Å². The maximum Gasteiger partial charge on any atom is 0.0315 e. The summed E-state index contributed by atoms with van der Waals surface area (Å²) in [6.45, 7) is 6.72. The Morgan fingerprint density at radius 2 is 1.20 bits per heavy atom. The molecule has 0 atom stereocenters. The predicted molar refractivity (Wildman–Crippen MR) is 68.7 cm³/mol. The van der Waals surface area contributed by atoms with E-state index >= 15 is 0 Å². The number of rotatable bonds is 4. The molecule has 86 valence electrons. The summed E-state index contributed by atoms with van der Waals surface area (Å²) < 4.78 is 0. The summed E-state index contributed by atoms with van der Waals surface area (Å²) in [6.07, 6.45) is 2.50. The summed E-state index contributed by atoms with van der Waals surface area (Å²) in [6, 6.07) is 7.09. The van der Waals surface area contributed by atoms with Crippen molar-refractivity contribution in [3.05, 3.63) is 24.3 Å². The van der Waals surface area contributed by atoms with Gasteiger partial charge in [-0.2, -0.15) is 0 Å². The molecule has 0 radical (unpaired) electrons. The number of anilines is 2. The van der Waals surface area contributed by atoms with Gasteiger partial charge < -0.3 is 16.8 Å². The van der Waals surface area contributed by atoms with E-state index in [4.69, 9.17) is 11.5 Å². The van der Waals surface area contributed by atoms with Crippen molar-refractivity contribution in [3.8, 4) is 0 Å². The number of benzene rings is 1. The van der Waals surface area contributed by atoms with E-state index in [2.05, 4.69) is 19.2 Å². The Kier molecular flexibility index (Phi) is 8.58. The van der Waals surface area contributed by atoms with Crippen LogP contribution in [0.4, 0.5) is 11.4 Å². The molecule has 1 aromatic rings. The lowest BCUT2D eigenvalue weighted by atomic mass is 10.3. The quantitative estimate of drug-likeness (QED) is 0.526. The molecule has 15 heavy (non-hydrogen) atoms. The van der Waals surface area contributed by atoms with E-state index in [1.165, 1.54) is 25.9 Å². The highest BCUT2D eigenvalue weighted by atomic mass is 14.8. The van der Waals surface area contributed by atoms with Crippen molar-refractivity contribution in [1.29, 1.82) is 0 Å². The van der Waals surface area contributed by atoms with Crippen molar-refractivity contribution in [2.45, 2.75) is 26.7 Å². The van der Waals surface area contributed by atoms with E-state index in [9.17, 15) is 0 Å². The topological polar surface area (TPSA) is 64.1 Å². The van der Waals surface area contributed by atoms with E-state index in [1.807, 2.05) is 0 Å². The Labute approximate surface area is 92.9 Å². The molecule has 0 aromatic heterocycles. The summed E-state index contributed by atoms with van der Waals surface area (Å²) in [5.74, 6) is 0. The maximum atomic E-state index is 5.37. The fraction of sp³-hybridized carbons (Fsp3) is 0.500. The van der Waals surface area contributed by atoms with E-state index < -0.39 is 0 Å². The first kappa shape index (κ1) is 13.8. The first-order valence-electron chi connectivity index (χ1n) is 5.52. The molecule has 3 nitrogen and oxygen atoms in total. The van der Waals surface area contributed by atoms with Crippen molar-refractivity contribution in [1.82, 2.24) is 5.32 Å². The van der Waals surface area contributed by atoms with E-state index in [0.717, 1.165) is 11.4 Å². The van der Waals surface area contributed by atoms with Gasteiger partial charge in [0.15, 0.2) is 0 Å². The molecular formula is C12H23N3. The van der Waals surface area contributed by atoms with Gasteiger partial charge in [0.1, 0.15) is 0 Å². The summed E-state index contributed by atoms with van der Waals surface area (Å²) in [7, 11) is 0. The second-order valence-corrected chi connectivity index (χ2v) is 3.42. The minimum atomic E-state index is 0.749. The Morgan fingerprint density at radius 3 is 1.47 bits per heavy atom. The van der Waals surface area contributed by atoms with Crippen LogP contribution >= 0.6 is 0 Å². The molecule has 0 aliphatic rings. The van der Waals surface area contributed by atoms with Gasteiger partial charge in [-0.15, -0.1) is 0 Å². The molecule has 0 heterocycles. The zero-order valence-corrected chi connectivity index (χ0v) is 9.79. The third-order valence-corrected chi connectivity index (χ3v) is 1.79. The lowest BCUT2D eigenvalue weighted by Crippen LogP contribution is -2.14. The molecule has 1 aromatic carbocycles. The molecule has 3 heteroatoms. The largest absolute Gasteiger partial charge is 0.399 e. The number of nitrogen functional groups attached to an aromatic ring is 2. The Bertz CT molecular complexity index is 206. The van der Waals surface area contributed by atoms with Gasteiger partial charge in [0, 0.05) is 11.4 Å². The van der Waals surface area contributed by atoms with Crippen LogP contribution in [-0.4, -0.2) is 13.1 Å². The fourth-order valence-electron chi connectivity index (χ4n) is 0.975. The van der Waals surface area contributed by atoms with Gasteiger partial charge >= 0.3 is 0 Å². The third-order valence-electron chi connectivity index (χ3n) is 1.79. The molecular weight excluding hydrogens is 186 g/mol. The lowest BCUT2D eigenvalue weighted by molar-refractivity contribution is 0.662. The molecule has 0 unspecified atom stereocenters. The van der Waals surface area contributed by atoms with Crippen LogP contribution in [0.3, 0.4) is 0 Å². The van der Waals surface area contributed by atoms with Crippen LogP contribution in [0.2, 0.25) is 0 Å². The average Bonchev–Trinajstić information content (AvgIpc) is 2.24. The standard InChI is InChI=1S/C6H8N2.C6H15N/c7-5-1-2-6(8)4-3-5;1-3-5-7-6-4-2/h1-4H,7-8H2;7H,3-6H2,1-2H3. The van der Waals surface area contributed by atoms with Crippen LogP contribution in [0.5, 0.6) is 0 Å². The van der Waals surface area contributed by atoms with Gasteiger partial charge in [0.25, 0.3) is 0 Å². The van der Waals surface area contributed by atoms with Crippen LogP contribution in [0.15, 0.2) is 24.3 Å². The second kappa shape index (κ2) is 9.34. The smallest absolute Gasteiger partial charge is 0.0315 e. The van der Waals surface area contributed by atoms with Crippen molar-refractivity contribution in [2.75, 3.05) is 24.6 Å². The molecule has 0 bridgehead atoms. The zero-order valence-electron chi connectivity index (χ0n) is 9.79. The minimum absolute atomic E-state index is 0.749. The highest BCUT2D eigenvalue weighted by Gasteiger charge is 1.80. The SMILES string of the molecule is CCCNCCC.Nc1ccc(N)cc1. The first-order chi connectivity index (χ1) is 7.20. The number of hydrogen-bond donors (Lipinski definition) is 3. The monoisotopic (exact) mass is 209 g/mol. The van der Waals surface area contributed by atoms with Crippen molar-refractivity contribution in [3.63, 3.8) is 0 Å². The summed E-state index contributed by atoms with van der Waals surface area (Å²) in [5, 5.41) is 3.28. The molecule has 0 aliphatic carbocycles. The van der Waals surface area contributed by atoms with Crippen molar-refractivity contribution >= 4 is 11.4 Å². The van der Waals surface area contributed by atoms with Gasteiger partial charge in [-0.1, -0.05) is 13.8 Å². The summed E-state index contributed by atoms with van der Waals surface area (Å²) >= 11 is 0. The lowest BCUT2D eigenvalue weighted by Gasteiger charge is -1.95. The van der Waals surface area contributed by atoms with E-state index in [-0.39, 0.29) is 0 Å². The summed E-state index contributed by atoms with van der Waals surface area (Å²) in [4.78, 5) is 0. The highest BCUT2D eigenvalue weighted by Crippen LogP contribution is 2.04. The normalized spacial score (nSPS) is 9.20. The zero-order chi connectivity index (χ0) is 11.5. The van der Waals surface area contributed by atoms with E-state index in [1.54, 1.807) is 24.3 Å². The highest BCUT2D eigenvalue weighted by molar-refractivity contribution is 5.47. The van der Waals surface area contributed by atoms with Crippen LogP contribution in [0.1, 0.15) is 26.7 Å². The molecule has 0 saturated carbocycles. The molecule has 1 rings (SSSR count). The van der Waals surface area contributed by atoms with Gasteiger partial charge in [-0.25, -0.2) is 0 Å². The average molecular weight is 209 g/mol. The molecule has 0 amide bonds. The Hall–Kier alpha value is -1.22. The van der Waals surface area contributed by atoms with Crippen LogP contribution < -0.4 is 16.8 Å². The fourth-order valence-corrected chi connectivity index (χ4v) is 0.975. The molecule has 0 spiro atoms. The van der Waals surface area contributed by atoms with Gasteiger partial charge in [0.2, 0.25) is 0 Å². The van der Waals surface area contributed by atoms with E-state index in [0.29, 0.717) is 0 Å². The van der Waals surface area contributed by atoms with Crippen LogP contribution in [-0.2, 0) is 0 Å². The predicted octanol–water partition coefficient (Wildman–Crippen LogP) is 2.25. The second-order valence-electron chi connectivity index (χ2n) is 3.42. The number of nitrogens with one attached hydrogen (secondary N) is 1. The Balaban J connectivity index is 0.000000265. The molecule has 0 fully saturated rings. The molecule has 0 aliphatic heterocycles. The third kappa shape index (κ3) is 9.09. The molecule has 0 saturated heterocycles. The van der Waals surface area contributed by atoms with Crippen LogP contribution in [0.25, 0.3) is 0 Å². The van der Waals surface area contributed by atoms with Gasteiger partial charge in [-0.05, 0) is 50.2 Å². The van der Waals surface area contributed by atoms with Gasteiger partial charge in [-0.3, -0.25) is 0 Å². The minimum Gasteiger partial charge on any atom is -0.399 e. The maximum absolute atomic E-state index is 5.37.